The molecule has 1 saturated heterocycles. The zero-order chi connectivity index (χ0) is 25.9. The fourth-order valence-corrected chi connectivity index (χ4v) is 7.02. The normalized spacial score (nSPS) is 28.4. The van der Waals surface area contributed by atoms with Crippen molar-refractivity contribution in [2.45, 2.75) is 31.0 Å². The Kier molecular flexibility index (Phi) is 6.64. The second-order valence-electron chi connectivity index (χ2n) is 9.54. The molecule has 10 heteroatoms. The van der Waals surface area contributed by atoms with Crippen LogP contribution in [0.5, 0.6) is 0 Å². The molecule has 0 radical (unpaired) electrons. The van der Waals surface area contributed by atoms with Crippen LogP contribution in [0, 0.1) is 37.5 Å². The average Bonchev–Trinajstić information content (AvgIpc) is 3.47. The first-order valence-corrected chi connectivity index (χ1v) is 13.3. The second-order valence-corrected chi connectivity index (χ2v) is 11.4. The minimum absolute atomic E-state index is 0.127. The molecule has 2 aliphatic carbocycles. The molecule has 2 aromatic carbocycles. The van der Waals surface area contributed by atoms with Gasteiger partial charge in [0.15, 0.2) is 6.61 Å². The number of benzene rings is 2. The van der Waals surface area contributed by atoms with Crippen LogP contribution in [0.4, 0.5) is 11.4 Å². The molecule has 2 aromatic rings. The van der Waals surface area contributed by atoms with Gasteiger partial charge in [-0.2, -0.15) is 0 Å². The highest BCUT2D eigenvalue weighted by atomic mass is 79.9. The summed E-state index contributed by atoms with van der Waals surface area (Å²) in [6.07, 6.45) is 0.677. The SMILES string of the molecule is Cc1c(Br)ccc(NC(=O)COC(=O)c2cccc(N3C(=O)[C@@H]4[C@H]5C[C@@H]([C@@H](Cl)[C@H]5Cl)[C@H]4C3=O)c2)c1C. The lowest BCUT2D eigenvalue weighted by molar-refractivity contribution is -0.123. The highest BCUT2D eigenvalue weighted by molar-refractivity contribution is 9.10. The van der Waals surface area contributed by atoms with Gasteiger partial charge >= 0.3 is 5.97 Å². The largest absolute Gasteiger partial charge is 0.452 e. The zero-order valence-corrected chi connectivity index (χ0v) is 22.6. The van der Waals surface area contributed by atoms with Crippen molar-refractivity contribution in [3.63, 3.8) is 0 Å². The van der Waals surface area contributed by atoms with E-state index in [1.165, 1.54) is 12.1 Å². The number of hydrogen-bond donors (Lipinski definition) is 1. The lowest BCUT2D eigenvalue weighted by atomic mass is 9.80. The Labute approximate surface area is 226 Å². The van der Waals surface area contributed by atoms with Crippen molar-refractivity contribution in [1.29, 1.82) is 0 Å². The number of imide groups is 1. The van der Waals surface area contributed by atoms with E-state index in [1.807, 2.05) is 19.9 Å². The maximum absolute atomic E-state index is 13.2. The molecule has 1 N–H and O–H groups in total. The van der Waals surface area contributed by atoms with Crippen LogP contribution in [-0.4, -0.2) is 41.1 Å². The molecule has 2 bridgehead atoms. The summed E-state index contributed by atoms with van der Waals surface area (Å²) in [5.74, 6) is -3.06. The van der Waals surface area contributed by atoms with Crippen LogP contribution in [-0.2, 0) is 19.1 Å². The van der Waals surface area contributed by atoms with E-state index in [0.29, 0.717) is 12.1 Å². The van der Waals surface area contributed by atoms with Gasteiger partial charge in [-0.25, -0.2) is 4.79 Å². The van der Waals surface area contributed by atoms with E-state index in [0.717, 1.165) is 20.5 Å². The van der Waals surface area contributed by atoms with Gasteiger partial charge in [0.05, 0.1) is 33.8 Å². The summed E-state index contributed by atoms with van der Waals surface area (Å²) < 4.78 is 6.12. The minimum atomic E-state index is -0.739. The third-order valence-corrected chi connectivity index (χ3v) is 9.83. The van der Waals surface area contributed by atoms with E-state index in [4.69, 9.17) is 27.9 Å². The van der Waals surface area contributed by atoms with Gasteiger partial charge in [0.1, 0.15) is 0 Å². The van der Waals surface area contributed by atoms with Gasteiger partial charge in [-0.05, 0) is 73.6 Å². The van der Waals surface area contributed by atoms with E-state index in [2.05, 4.69) is 21.2 Å². The van der Waals surface area contributed by atoms with Crippen LogP contribution in [0.25, 0.3) is 0 Å². The van der Waals surface area contributed by atoms with Gasteiger partial charge in [0, 0.05) is 10.2 Å². The van der Waals surface area contributed by atoms with Crippen molar-refractivity contribution < 1.29 is 23.9 Å². The summed E-state index contributed by atoms with van der Waals surface area (Å²) >= 11 is 16.3. The van der Waals surface area contributed by atoms with Gasteiger partial charge < -0.3 is 10.1 Å². The number of fused-ring (bicyclic) bond motifs is 5. The van der Waals surface area contributed by atoms with E-state index >= 15 is 0 Å². The third-order valence-electron chi connectivity index (χ3n) is 7.66. The smallest absolute Gasteiger partial charge is 0.338 e. The van der Waals surface area contributed by atoms with Gasteiger partial charge in [0.25, 0.3) is 5.91 Å². The number of nitrogens with one attached hydrogen (secondary N) is 1. The number of nitrogens with zero attached hydrogens (tertiary/aromatic N) is 1. The van der Waals surface area contributed by atoms with Gasteiger partial charge in [0.2, 0.25) is 11.8 Å². The van der Waals surface area contributed by atoms with Crippen molar-refractivity contribution in [2.75, 3.05) is 16.8 Å². The predicted octanol–water partition coefficient (Wildman–Crippen LogP) is 4.83. The molecular weight excluding hydrogens is 571 g/mol. The number of anilines is 2. The number of ether oxygens (including phenoxy) is 1. The van der Waals surface area contributed by atoms with Gasteiger partial charge in [-0.3, -0.25) is 19.3 Å². The Bertz CT molecular complexity index is 1270. The molecule has 2 saturated carbocycles. The number of esters is 1. The van der Waals surface area contributed by atoms with E-state index < -0.39 is 30.3 Å². The highest BCUT2D eigenvalue weighted by Gasteiger charge is 2.66. The molecule has 5 rings (SSSR count). The minimum Gasteiger partial charge on any atom is -0.452 e. The van der Waals surface area contributed by atoms with Crippen molar-refractivity contribution in [2.24, 2.45) is 23.7 Å². The standard InChI is InChI=1S/C26H23BrCl2N2O5/c1-11-12(2)18(7-6-17(11)27)30-19(32)10-36-26(35)13-4-3-5-14(8-13)31-24(33)20-15-9-16(21(20)25(31)34)23(29)22(15)28/h3-8,15-16,20-23H,9-10H2,1-2H3,(H,30,32)/t15-,16-,20-,21-,22-,23+/m1/s1. The molecule has 0 unspecified atom stereocenters. The highest BCUT2D eigenvalue weighted by Crippen LogP contribution is 2.59. The Balaban J connectivity index is 1.26. The van der Waals surface area contributed by atoms with E-state index in [9.17, 15) is 19.2 Å². The van der Waals surface area contributed by atoms with Crippen LogP contribution in [0.1, 0.15) is 27.9 Å². The molecule has 3 fully saturated rings. The van der Waals surface area contributed by atoms with Crippen LogP contribution in [0.2, 0.25) is 0 Å². The van der Waals surface area contributed by atoms with Crippen LogP contribution in [0.15, 0.2) is 40.9 Å². The Morgan fingerprint density at radius 1 is 1.03 bits per heavy atom. The number of carbonyl (C=O) groups excluding carboxylic acids is 4. The molecular formula is C26H23BrCl2N2O5. The maximum Gasteiger partial charge on any atom is 0.338 e. The predicted molar refractivity (Wildman–Crippen MR) is 139 cm³/mol. The monoisotopic (exact) mass is 592 g/mol. The van der Waals surface area contributed by atoms with Crippen LogP contribution in [0.3, 0.4) is 0 Å². The molecule has 36 heavy (non-hydrogen) atoms. The van der Waals surface area contributed by atoms with Crippen LogP contribution < -0.4 is 10.2 Å². The number of hydrogen-bond acceptors (Lipinski definition) is 5. The van der Waals surface area contributed by atoms with E-state index in [-0.39, 0.29) is 45.7 Å². The molecule has 1 heterocycles. The second kappa shape index (κ2) is 9.47. The summed E-state index contributed by atoms with van der Waals surface area (Å²) in [6, 6.07) is 9.69. The fraction of sp³-hybridized carbons (Fsp3) is 0.385. The summed E-state index contributed by atoms with van der Waals surface area (Å²) in [5, 5.41) is 2.06. The summed E-state index contributed by atoms with van der Waals surface area (Å²) in [4.78, 5) is 52.6. The Hall–Kier alpha value is -2.42. The maximum atomic E-state index is 13.2. The van der Waals surface area contributed by atoms with Crippen molar-refractivity contribution in [3.05, 3.63) is 57.6 Å². The molecule has 3 aliphatic rings. The lowest BCUT2D eigenvalue weighted by Gasteiger charge is -2.28. The summed E-state index contributed by atoms with van der Waals surface area (Å²) in [6.45, 7) is 3.33. The number of amides is 3. The Morgan fingerprint density at radius 2 is 1.67 bits per heavy atom. The molecule has 188 valence electrons. The van der Waals surface area contributed by atoms with E-state index in [1.54, 1.807) is 18.2 Å². The number of alkyl halides is 2. The van der Waals surface area contributed by atoms with Crippen molar-refractivity contribution in [3.8, 4) is 0 Å². The average molecular weight is 594 g/mol. The molecule has 0 spiro atoms. The topological polar surface area (TPSA) is 92.8 Å². The first-order chi connectivity index (χ1) is 17.1. The molecule has 6 atom stereocenters. The molecule has 7 nitrogen and oxygen atoms in total. The molecule has 0 aromatic heterocycles. The fourth-order valence-electron chi connectivity index (χ4n) is 5.70. The first kappa shape index (κ1) is 25.2. The summed E-state index contributed by atoms with van der Waals surface area (Å²) in [7, 11) is 0. The van der Waals surface area contributed by atoms with Crippen molar-refractivity contribution in [1.82, 2.24) is 0 Å². The van der Waals surface area contributed by atoms with Gasteiger partial charge in [-0.1, -0.05) is 22.0 Å². The van der Waals surface area contributed by atoms with Gasteiger partial charge in [-0.15, -0.1) is 23.2 Å². The van der Waals surface area contributed by atoms with Crippen LogP contribution >= 0.6 is 39.1 Å². The number of carbonyl (C=O) groups is 4. The lowest BCUT2D eigenvalue weighted by Crippen LogP contribution is -2.37. The van der Waals surface area contributed by atoms with Crippen molar-refractivity contribution >= 4 is 74.2 Å². The number of rotatable bonds is 5. The first-order valence-electron chi connectivity index (χ1n) is 11.6. The summed E-state index contributed by atoms with van der Waals surface area (Å²) in [5.41, 5.74) is 2.93. The molecule has 1 aliphatic heterocycles. The quantitative estimate of drug-likeness (QED) is 0.304. The zero-order valence-electron chi connectivity index (χ0n) is 19.5. The Morgan fingerprint density at radius 3 is 2.31 bits per heavy atom. The third kappa shape index (κ3) is 4.03. The molecule has 3 amide bonds. The number of halogens is 3.